The Morgan fingerprint density at radius 1 is 0.250 bits per heavy atom. The maximum atomic E-state index is 6.53. The largest absolute Gasteiger partial charge is 0.456 e. The fourth-order valence-electron chi connectivity index (χ4n) is 7.50. The molecular formula is C50H30N4O2. The molecule has 7 aromatic carbocycles. The predicted molar refractivity (Wildman–Crippen MR) is 225 cm³/mol. The molecule has 0 saturated carbocycles. The van der Waals surface area contributed by atoms with Crippen LogP contribution in [0.25, 0.3) is 112 Å². The molecule has 0 amide bonds. The molecule has 0 fully saturated rings. The minimum atomic E-state index is 0.676. The Balaban J connectivity index is 0.996. The number of aromatic nitrogens is 4. The van der Waals surface area contributed by atoms with Crippen LogP contribution in [-0.2, 0) is 0 Å². The van der Waals surface area contributed by atoms with Gasteiger partial charge in [0.1, 0.15) is 22.3 Å². The maximum Gasteiger partial charge on any atom is 0.160 e. The van der Waals surface area contributed by atoms with Gasteiger partial charge in [-0.15, -0.1) is 0 Å². The molecular weight excluding hydrogens is 689 g/mol. The lowest BCUT2D eigenvalue weighted by atomic mass is 10.0. The summed E-state index contributed by atoms with van der Waals surface area (Å²) in [6.45, 7) is 0. The monoisotopic (exact) mass is 718 g/mol. The van der Waals surface area contributed by atoms with Gasteiger partial charge in [-0.2, -0.15) is 0 Å². The van der Waals surface area contributed by atoms with Crippen LogP contribution in [0.15, 0.2) is 191 Å². The highest BCUT2D eigenvalue weighted by Gasteiger charge is 2.18. The van der Waals surface area contributed by atoms with Crippen LogP contribution in [0.1, 0.15) is 0 Å². The minimum absolute atomic E-state index is 0.676. The lowest BCUT2D eigenvalue weighted by Gasteiger charge is -2.09. The van der Waals surface area contributed by atoms with Crippen LogP contribution in [0, 0.1) is 0 Å². The molecule has 0 unspecified atom stereocenters. The van der Waals surface area contributed by atoms with Gasteiger partial charge in [0.15, 0.2) is 11.6 Å². The number of benzene rings is 7. The van der Waals surface area contributed by atoms with Gasteiger partial charge < -0.3 is 8.83 Å². The Morgan fingerprint density at radius 2 is 0.589 bits per heavy atom. The van der Waals surface area contributed by atoms with Gasteiger partial charge in [0.2, 0.25) is 0 Å². The highest BCUT2D eigenvalue weighted by molar-refractivity contribution is 6.15. The summed E-state index contributed by atoms with van der Waals surface area (Å²) in [5.74, 6) is 1.35. The normalized spacial score (nSPS) is 11.6. The molecule has 0 aliphatic carbocycles. The Morgan fingerprint density at radius 3 is 0.982 bits per heavy atom. The molecule has 11 aromatic rings. The molecule has 0 saturated heterocycles. The third-order valence-corrected chi connectivity index (χ3v) is 10.3. The van der Waals surface area contributed by atoms with E-state index in [2.05, 4.69) is 66.7 Å². The Bertz CT molecular complexity index is 2900. The first kappa shape index (κ1) is 31.8. The van der Waals surface area contributed by atoms with Crippen molar-refractivity contribution < 1.29 is 8.83 Å². The van der Waals surface area contributed by atoms with Crippen LogP contribution in [0.3, 0.4) is 0 Å². The third kappa shape index (κ3) is 5.60. The minimum Gasteiger partial charge on any atom is -0.456 e. The van der Waals surface area contributed by atoms with Crippen molar-refractivity contribution in [2.75, 3.05) is 0 Å². The van der Waals surface area contributed by atoms with E-state index in [1.807, 2.05) is 115 Å². The molecule has 11 rings (SSSR count). The summed E-state index contributed by atoms with van der Waals surface area (Å²) < 4.78 is 13.1. The lowest BCUT2D eigenvalue weighted by molar-refractivity contribution is 0.656. The molecule has 6 nitrogen and oxygen atoms in total. The maximum absolute atomic E-state index is 6.53. The number of furan rings is 2. The summed E-state index contributed by atoms with van der Waals surface area (Å²) in [6, 6.07) is 61.5. The van der Waals surface area contributed by atoms with Gasteiger partial charge in [0.05, 0.1) is 22.8 Å². The standard InChI is InChI=1S/C50H30N4O2/c1-5-13-31(14-6-1)41-28-43(53-49(51-41)33-17-9-3-10-18-33)35-21-23-37-39-27-40-38-24-22-36(26-46(38)56-48(40)30-47(39)55-45(37)25-35)44-29-42(32-15-7-2-8-16-32)52-50(54-44)34-19-11-4-12-20-34/h1-30H. The van der Waals surface area contributed by atoms with Crippen molar-refractivity contribution in [3.8, 4) is 67.8 Å². The SMILES string of the molecule is c1ccc(-c2cc(-c3ccc4c(c3)oc3cc5oc6cc(-c7cc(-c8ccccc8)nc(-c8ccccc8)n7)ccc6c5cc34)nc(-c3ccccc3)n2)cc1. The number of nitrogens with zero attached hydrogens (tertiary/aromatic N) is 4. The molecule has 0 aliphatic heterocycles. The van der Waals surface area contributed by atoms with Gasteiger partial charge in [0, 0.05) is 61.0 Å². The van der Waals surface area contributed by atoms with E-state index in [4.69, 9.17) is 28.8 Å². The van der Waals surface area contributed by atoms with Crippen molar-refractivity contribution in [3.05, 3.63) is 182 Å². The zero-order valence-electron chi connectivity index (χ0n) is 29.9. The molecule has 0 atom stereocenters. The fraction of sp³-hybridized carbons (Fsp3) is 0. The first-order valence-corrected chi connectivity index (χ1v) is 18.5. The number of fused-ring (bicyclic) bond motifs is 6. The van der Waals surface area contributed by atoms with Crippen LogP contribution in [0.5, 0.6) is 0 Å². The second kappa shape index (κ2) is 13.0. The Hall–Kier alpha value is -7.70. The second-order valence-electron chi connectivity index (χ2n) is 13.9. The zero-order chi connectivity index (χ0) is 37.0. The highest BCUT2D eigenvalue weighted by Crippen LogP contribution is 2.40. The summed E-state index contributed by atoms with van der Waals surface area (Å²) >= 11 is 0. The van der Waals surface area contributed by atoms with Crippen molar-refractivity contribution in [2.45, 2.75) is 0 Å². The quantitative estimate of drug-likeness (QED) is 0.170. The van der Waals surface area contributed by atoms with Crippen molar-refractivity contribution in [1.29, 1.82) is 0 Å². The summed E-state index contributed by atoms with van der Waals surface area (Å²) in [7, 11) is 0. The van der Waals surface area contributed by atoms with E-state index in [1.165, 1.54) is 0 Å². The van der Waals surface area contributed by atoms with Crippen LogP contribution < -0.4 is 0 Å². The van der Waals surface area contributed by atoms with E-state index in [0.717, 1.165) is 100 Å². The van der Waals surface area contributed by atoms with E-state index in [9.17, 15) is 0 Å². The third-order valence-electron chi connectivity index (χ3n) is 10.3. The number of rotatable bonds is 6. The summed E-state index contributed by atoms with van der Waals surface area (Å²) in [5, 5.41) is 4.11. The summed E-state index contributed by atoms with van der Waals surface area (Å²) in [4.78, 5) is 19.9. The molecule has 0 aliphatic rings. The van der Waals surface area contributed by atoms with Crippen molar-refractivity contribution in [1.82, 2.24) is 19.9 Å². The first-order valence-electron chi connectivity index (χ1n) is 18.5. The van der Waals surface area contributed by atoms with Gasteiger partial charge >= 0.3 is 0 Å². The molecule has 0 N–H and O–H groups in total. The van der Waals surface area contributed by atoms with Gasteiger partial charge in [-0.25, -0.2) is 19.9 Å². The topological polar surface area (TPSA) is 77.8 Å². The van der Waals surface area contributed by atoms with Crippen LogP contribution in [0.2, 0.25) is 0 Å². The second-order valence-corrected chi connectivity index (χ2v) is 13.9. The molecule has 0 bridgehead atoms. The van der Waals surface area contributed by atoms with Crippen molar-refractivity contribution in [3.63, 3.8) is 0 Å². The average Bonchev–Trinajstić information content (AvgIpc) is 3.82. The zero-order valence-corrected chi connectivity index (χ0v) is 29.9. The van der Waals surface area contributed by atoms with Gasteiger partial charge in [-0.05, 0) is 42.5 Å². The van der Waals surface area contributed by atoms with Crippen LogP contribution in [-0.4, -0.2) is 19.9 Å². The highest BCUT2D eigenvalue weighted by atomic mass is 16.3. The van der Waals surface area contributed by atoms with Gasteiger partial charge in [0.25, 0.3) is 0 Å². The molecule has 6 heteroatoms. The molecule has 56 heavy (non-hydrogen) atoms. The van der Waals surface area contributed by atoms with Crippen LogP contribution >= 0.6 is 0 Å². The molecule has 4 heterocycles. The van der Waals surface area contributed by atoms with Crippen molar-refractivity contribution in [2.24, 2.45) is 0 Å². The summed E-state index contributed by atoms with van der Waals surface area (Å²) in [5.41, 5.74) is 12.4. The number of hydrogen-bond donors (Lipinski definition) is 0. The van der Waals surface area contributed by atoms with E-state index in [1.54, 1.807) is 0 Å². The Kier molecular flexibility index (Phi) is 7.38. The van der Waals surface area contributed by atoms with E-state index in [-0.39, 0.29) is 0 Å². The van der Waals surface area contributed by atoms with E-state index in [0.29, 0.717) is 11.6 Å². The molecule has 0 radical (unpaired) electrons. The summed E-state index contributed by atoms with van der Waals surface area (Å²) in [6.07, 6.45) is 0. The smallest absolute Gasteiger partial charge is 0.160 e. The molecule has 262 valence electrons. The Labute approximate surface area is 321 Å². The van der Waals surface area contributed by atoms with Crippen molar-refractivity contribution >= 4 is 43.9 Å². The predicted octanol–water partition coefficient (Wildman–Crippen LogP) is 13.1. The van der Waals surface area contributed by atoms with E-state index < -0.39 is 0 Å². The molecule has 0 spiro atoms. The average molecular weight is 719 g/mol. The number of hydrogen-bond acceptors (Lipinski definition) is 6. The van der Waals surface area contributed by atoms with E-state index >= 15 is 0 Å². The lowest BCUT2D eigenvalue weighted by Crippen LogP contribution is -1.95. The van der Waals surface area contributed by atoms with Crippen LogP contribution in [0.4, 0.5) is 0 Å². The van der Waals surface area contributed by atoms with Gasteiger partial charge in [-0.1, -0.05) is 133 Å². The first-order chi connectivity index (χ1) is 27.7. The molecule has 4 aromatic heterocycles. The fourth-order valence-corrected chi connectivity index (χ4v) is 7.50. The van der Waals surface area contributed by atoms with Gasteiger partial charge in [-0.3, -0.25) is 0 Å².